The third-order valence-electron chi connectivity index (χ3n) is 6.05. The van der Waals surface area contributed by atoms with E-state index in [1.807, 2.05) is 18.2 Å². The molecule has 0 atom stereocenters. The summed E-state index contributed by atoms with van der Waals surface area (Å²) in [6.45, 7) is 2.29. The van der Waals surface area contributed by atoms with Crippen LogP contribution in [0.5, 0.6) is 11.5 Å². The second-order valence-electron chi connectivity index (χ2n) is 8.06. The summed E-state index contributed by atoms with van der Waals surface area (Å²) in [5.74, 6) is 1.16. The highest BCUT2D eigenvalue weighted by molar-refractivity contribution is 7.89. The van der Waals surface area contributed by atoms with E-state index in [0.717, 1.165) is 24.2 Å². The van der Waals surface area contributed by atoms with Crippen molar-refractivity contribution in [2.45, 2.75) is 23.2 Å². The number of nitrogens with one attached hydrogen (secondary N) is 2. The fraction of sp³-hybridized carbons (Fsp3) is 0.435. The van der Waals surface area contributed by atoms with Gasteiger partial charge >= 0.3 is 0 Å². The van der Waals surface area contributed by atoms with Crippen molar-refractivity contribution >= 4 is 15.9 Å². The molecule has 10 heteroatoms. The minimum Gasteiger partial charge on any atom is -0.454 e. The molecule has 0 radical (unpaired) electrons. The van der Waals surface area contributed by atoms with Crippen molar-refractivity contribution in [1.82, 2.24) is 10.0 Å². The zero-order valence-corrected chi connectivity index (χ0v) is 19.3. The highest BCUT2D eigenvalue weighted by Gasteiger charge is 2.36. The SMILES string of the molecule is COCCNS(=O)(=O)c1ccc(C(=O)NCC2(c3ccc4c(c3)OCO4)CCOCC2)cc1. The molecule has 2 heterocycles. The number of methoxy groups -OCH3 is 1. The van der Waals surface area contributed by atoms with E-state index in [9.17, 15) is 13.2 Å². The second kappa shape index (κ2) is 10.1. The van der Waals surface area contributed by atoms with Gasteiger partial charge in [0, 0.05) is 44.4 Å². The van der Waals surface area contributed by atoms with Crippen LogP contribution in [0.3, 0.4) is 0 Å². The molecule has 4 rings (SSSR count). The Morgan fingerprint density at radius 1 is 1.06 bits per heavy atom. The van der Waals surface area contributed by atoms with Gasteiger partial charge in [0.15, 0.2) is 11.5 Å². The van der Waals surface area contributed by atoms with Crippen LogP contribution < -0.4 is 19.5 Å². The lowest BCUT2D eigenvalue weighted by Crippen LogP contribution is -2.44. The maximum absolute atomic E-state index is 12.9. The van der Waals surface area contributed by atoms with Crippen LogP contribution in [0.25, 0.3) is 0 Å². The number of hydrogen-bond acceptors (Lipinski definition) is 7. The summed E-state index contributed by atoms with van der Waals surface area (Å²) in [6, 6.07) is 11.8. The Morgan fingerprint density at radius 3 is 2.52 bits per heavy atom. The monoisotopic (exact) mass is 476 g/mol. The average molecular weight is 477 g/mol. The second-order valence-corrected chi connectivity index (χ2v) is 9.83. The van der Waals surface area contributed by atoms with Crippen LogP contribution >= 0.6 is 0 Å². The number of sulfonamides is 1. The molecule has 2 aromatic carbocycles. The van der Waals surface area contributed by atoms with Crippen molar-refractivity contribution in [2.75, 3.05) is 46.8 Å². The van der Waals surface area contributed by atoms with Crippen molar-refractivity contribution in [3.05, 3.63) is 53.6 Å². The third-order valence-corrected chi connectivity index (χ3v) is 7.52. The Hall–Kier alpha value is -2.66. The number of rotatable bonds is 9. The standard InChI is InChI=1S/C23H28N2O7S/c1-29-13-10-25-33(27,28)19-5-2-17(3-6-19)22(26)24-15-23(8-11-30-12-9-23)18-4-7-20-21(14-18)32-16-31-20/h2-7,14,25H,8-13,15-16H2,1H3,(H,24,26). The molecular formula is C23H28N2O7S. The van der Waals surface area contributed by atoms with Crippen molar-refractivity contribution in [3.63, 3.8) is 0 Å². The molecule has 1 amide bonds. The number of benzene rings is 2. The molecule has 1 saturated heterocycles. The minimum absolute atomic E-state index is 0.0939. The van der Waals surface area contributed by atoms with Gasteiger partial charge in [0.25, 0.3) is 5.91 Å². The van der Waals surface area contributed by atoms with Crippen LogP contribution in [0.4, 0.5) is 0 Å². The van der Waals surface area contributed by atoms with E-state index >= 15 is 0 Å². The summed E-state index contributed by atoms with van der Waals surface area (Å²) in [4.78, 5) is 12.9. The lowest BCUT2D eigenvalue weighted by Gasteiger charge is -2.38. The van der Waals surface area contributed by atoms with Gasteiger partial charge in [-0.2, -0.15) is 0 Å². The van der Waals surface area contributed by atoms with E-state index in [2.05, 4.69) is 10.0 Å². The molecule has 1 fully saturated rings. The summed E-state index contributed by atoms with van der Waals surface area (Å²) in [7, 11) is -2.15. The Kier molecular flexibility index (Phi) is 7.18. The fourth-order valence-corrected chi connectivity index (χ4v) is 5.07. The van der Waals surface area contributed by atoms with Gasteiger partial charge in [-0.3, -0.25) is 4.79 Å². The van der Waals surface area contributed by atoms with Crippen LogP contribution in [0.2, 0.25) is 0 Å². The highest BCUT2D eigenvalue weighted by Crippen LogP contribution is 2.40. The van der Waals surface area contributed by atoms with E-state index in [4.69, 9.17) is 18.9 Å². The van der Waals surface area contributed by atoms with Gasteiger partial charge in [-0.15, -0.1) is 0 Å². The molecule has 0 aliphatic carbocycles. The summed E-state index contributed by atoms with van der Waals surface area (Å²) in [6.07, 6.45) is 1.52. The molecule has 2 aromatic rings. The third kappa shape index (κ3) is 5.30. The quantitative estimate of drug-likeness (QED) is 0.531. The van der Waals surface area contributed by atoms with E-state index in [0.29, 0.717) is 31.1 Å². The molecule has 0 saturated carbocycles. The van der Waals surface area contributed by atoms with Gasteiger partial charge in [-0.05, 0) is 54.8 Å². The van der Waals surface area contributed by atoms with Gasteiger partial charge in [0.2, 0.25) is 16.8 Å². The number of fused-ring (bicyclic) bond motifs is 1. The van der Waals surface area contributed by atoms with Crippen LogP contribution in [0, 0.1) is 0 Å². The fourth-order valence-electron chi connectivity index (χ4n) is 4.05. The van der Waals surface area contributed by atoms with Crippen molar-refractivity contribution in [1.29, 1.82) is 0 Å². The first kappa shape index (κ1) is 23.5. The van der Waals surface area contributed by atoms with Gasteiger partial charge in [0.05, 0.1) is 11.5 Å². The molecule has 2 aliphatic rings. The van der Waals surface area contributed by atoms with Gasteiger partial charge in [0.1, 0.15) is 0 Å². The predicted molar refractivity (Wildman–Crippen MR) is 120 cm³/mol. The van der Waals surface area contributed by atoms with Crippen molar-refractivity contribution in [2.24, 2.45) is 0 Å². The normalized spacial score (nSPS) is 17.0. The summed E-state index contributed by atoms with van der Waals surface area (Å²) < 4.78 is 48.4. The predicted octanol–water partition coefficient (Wildman–Crippen LogP) is 1.82. The molecule has 2 aliphatic heterocycles. The summed E-state index contributed by atoms with van der Waals surface area (Å²) in [5, 5.41) is 3.03. The Labute approximate surface area is 193 Å². The molecule has 2 N–H and O–H groups in total. The number of carbonyl (C=O) groups excluding carboxylic acids is 1. The molecule has 0 aromatic heterocycles. The van der Waals surface area contributed by atoms with E-state index < -0.39 is 10.0 Å². The Bertz CT molecular complexity index is 1080. The lowest BCUT2D eigenvalue weighted by molar-refractivity contribution is 0.0486. The lowest BCUT2D eigenvalue weighted by atomic mass is 9.74. The number of carbonyl (C=O) groups is 1. The van der Waals surface area contributed by atoms with Gasteiger partial charge in [-0.25, -0.2) is 13.1 Å². The number of ether oxygens (including phenoxy) is 4. The van der Waals surface area contributed by atoms with Gasteiger partial charge in [-0.1, -0.05) is 6.07 Å². The zero-order valence-electron chi connectivity index (χ0n) is 18.5. The van der Waals surface area contributed by atoms with Crippen LogP contribution in [-0.2, 0) is 24.9 Å². The molecule has 0 spiro atoms. The summed E-state index contributed by atoms with van der Waals surface area (Å²) in [5.41, 5.74) is 1.17. The topological polar surface area (TPSA) is 112 Å². The average Bonchev–Trinajstić information content (AvgIpc) is 3.31. The minimum atomic E-state index is -3.65. The smallest absolute Gasteiger partial charge is 0.251 e. The summed E-state index contributed by atoms with van der Waals surface area (Å²) >= 11 is 0. The highest BCUT2D eigenvalue weighted by atomic mass is 32.2. The van der Waals surface area contributed by atoms with E-state index in [1.165, 1.54) is 31.4 Å². The molecule has 33 heavy (non-hydrogen) atoms. The first-order valence-electron chi connectivity index (χ1n) is 10.8. The molecule has 9 nitrogen and oxygen atoms in total. The molecule has 0 bridgehead atoms. The Morgan fingerprint density at radius 2 is 1.79 bits per heavy atom. The first-order valence-corrected chi connectivity index (χ1v) is 12.3. The maximum atomic E-state index is 12.9. The maximum Gasteiger partial charge on any atom is 0.251 e. The van der Waals surface area contributed by atoms with Crippen molar-refractivity contribution < 1.29 is 32.2 Å². The van der Waals surface area contributed by atoms with E-state index in [-0.39, 0.29) is 36.2 Å². The van der Waals surface area contributed by atoms with Gasteiger partial charge < -0.3 is 24.3 Å². The Balaban J connectivity index is 1.45. The largest absolute Gasteiger partial charge is 0.454 e. The van der Waals surface area contributed by atoms with Crippen LogP contribution in [0.15, 0.2) is 47.4 Å². The van der Waals surface area contributed by atoms with Crippen LogP contribution in [-0.4, -0.2) is 61.1 Å². The number of hydrogen-bond donors (Lipinski definition) is 2. The van der Waals surface area contributed by atoms with Crippen LogP contribution in [0.1, 0.15) is 28.8 Å². The van der Waals surface area contributed by atoms with Crippen molar-refractivity contribution in [3.8, 4) is 11.5 Å². The first-order chi connectivity index (χ1) is 15.9. The molecule has 178 valence electrons. The number of amides is 1. The van der Waals surface area contributed by atoms with E-state index in [1.54, 1.807) is 0 Å². The molecular weight excluding hydrogens is 448 g/mol. The molecule has 0 unspecified atom stereocenters. The zero-order chi connectivity index (χ0) is 23.3.